The van der Waals surface area contributed by atoms with Gasteiger partial charge in [-0.2, -0.15) is 0 Å². The Hall–Kier alpha value is -1.99. The Labute approximate surface area is 172 Å². The van der Waals surface area contributed by atoms with Gasteiger partial charge in [0, 0.05) is 17.7 Å². The predicted molar refractivity (Wildman–Crippen MR) is 105 cm³/mol. The fourth-order valence-corrected chi connectivity index (χ4v) is 2.87. The van der Waals surface area contributed by atoms with Crippen LogP contribution in [0.5, 0.6) is 11.5 Å². The van der Waals surface area contributed by atoms with Gasteiger partial charge in [0.2, 0.25) is 0 Å². The lowest BCUT2D eigenvalue weighted by atomic mass is 10.0. The van der Waals surface area contributed by atoms with Crippen LogP contribution in [-0.2, 0) is 16.1 Å². The largest absolute Gasteiger partial charge is 0.508 e. The average Bonchev–Trinajstić information content (AvgIpc) is 2.60. The molecule has 0 aliphatic heterocycles. The van der Waals surface area contributed by atoms with Crippen LogP contribution in [0.1, 0.15) is 28.4 Å². The van der Waals surface area contributed by atoms with Crippen molar-refractivity contribution in [2.75, 3.05) is 13.2 Å². The molecule has 0 heterocycles. The number of aromatic hydroxyl groups is 1. The van der Waals surface area contributed by atoms with Gasteiger partial charge in [-0.1, -0.05) is 23.2 Å². The molecule has 0 bridgehead atoms. The number of carbonyl (C=O) groups excluding carboxylic acids is 2. The number of carbonyl (C=O) groups is 2. The van der Waals surface area contributed by atoms with E-state index in [1.54, 1.807) is 6.92 Å². The minimum atomic E-state index is -0.529. The van der Waals surface area contributed by atoms with E-state index in [1.165, 1.54) is 30.3 Å². The number of ether oxygens (including phenoxy) is 2. The molecule has 146 valence electrons. The van der Waals surface area contributed by atoms with Gasteiger partial charge in [-0.05, 0) is 37.3 Å². The van der Waals surface area contributed by atoms with Crippen LogP contribution in [0.2, 0.25) is 10.0 Å². The number of esters is 1. The first-order chi connectivity index (χ1) is 12.4. The Bertz CT molecular complexity index is 819. The molecule has 0 amide bonds. The number of nitrogens with two attached hydrogens (primary N) is 1. The topological polar surface area (TPSA) is 98.8 Å². The van der Waals surface area contributed by atoms with Crippen molar-refractivity contribution in [2.45, 2.75) is 13.5 Å². The molecule has 2 rings (SSSR count). The molecule has 0 radical (unpaired) electrons. The van der Waals surface area contributed by atoms with Crippen molar-refractivity contribution in [1.82, 2.24) is 0 Å². The second-order valence-electron chi connectivity index (χ2n) is 5.23. The number of phenols is 1. The fourth-order valence-electron chi connectivity index (χ4n) is 2.23. The van der Waals surface area contributed by atoms with Gasteiger partial charge in [0.05, 0.1) is 22.2 Å². The Kier molecular flexibility index (Phi) is 8.85. The first-order valence-electron chi connectivity index (χ1n) is 7.71. The molecule has 0 aliphatic carbocycles. The third kappa shape index (κ3) is 5.74. The molecule has 2 aromatic carbocycles. The van der Waals surface area contributed by atoms with Gasteiger partial charge in [0.25, 0.3) is 0 Å². The molecule has 2 aromatic rings. The molecule has 3 N–H and O–H groups in total. The number of rotatable bonds is 7. The summed E-state index contributed by atoms with van der Waals surface area (Å²) in [6, 6.07) is 7.10. The lowest BCUT2D eigenvalue weighted by molar-refractivity contribution is -0.145. The molecule has 0 spiro atoms. The zero-order valence-corrected chi connectivity index (χ0v) is 16.7. The minimum absolute atomic E-state index is 0. The maximum absolute atomic E-state index is 12.7. The summed E-state index contributed by atoms with van der Waals surface area (Å²) in [5.41, 5.74) is 6.34. The Morgan fingerprint density at radius 1 is 1.15 bits per heavy atom. The normalized spacial score (nSPS) is 10.1. The number of benzene rings is 2. The number of halogens is 3. The second-order valence-corrected chi connectivity index (χ2v) is 6.05. The average molecular weight is 435 g/mol. The van der Waals surface area contributed by atoms with Crippen LogP contribution in [0.25, 0.3) is 0 Å². The standard InChI is InChI=1S/C18H17Cl2NO5.ClH/c1-2-25-16(23)9-26-12-6-13(19)17(14(20)7-12)18(24)10-3-4-15(22)11(5-10)8-21;/h3-7,22H,2,8-9,21H2,1H3;1H. The lowest BCUT2D eigenvalue weighted by Crippen LogP contribution is -2.14. The molecular formula is C18H18Cl3NO5. The van der Waals surface area contributed by atoms with E-state index in [0.717, 1.165) is 0 Å². The molecule has 6 nitrogen and oxygen atoms in total. The fraction of sp³-hybridized carbons (Fsp3) is 0.222. The Morgan fingerprint density at radius 3 is 2.33 bits per heavy atom. The summed E-state index contributed by atoms with van der Waals surface area (Å²) in [5, 5.41) is 9.82. The van der Waals surface area contributed by atoms with Crippen LogP contribution in [-0.4, -0.2) is 30.1 Å². The van der Waals surface area contributed by atoms with E-state index >= 15 is 0 Å². The predicted octanol–water partition coefficient (Wildman–Crippen LogP) is 3.75. The first kappa shape index (κ1) is 23.0. The van der Waals surface area contributed by atoms with Crippen LogP contribution in [0.3, 0.4) is 0 Å². The highest BCUT2D eigenvalue weighted by molar-refractivity contribution is 6.41. The quantitative estimate of drug-likeness (QED) is 0.508. The van der Waals surface area contributed by atoms with E-state index in [2.05, 4.69) is 0 Å². The maximum atomic E-state index is 12.7. The smallest absolute Gasteiger partial charge is 0.344 e. The SMILES string of the molecule is CCOC(=O)COc1cc(Cl)c(C(=O)c2ccc(O)c(CN)c2)c(Cl)c1.Cl. The van der Waals surface area contributed by atoms with Crippen molar-refractivity contribution in [1.29, 1.82) is 0 Å². The zero-order chi connectivity index (χ0) is 19.3. The summed E-state index contributed by atoms with van der Waals surface area (Å²) in [6.07, 6.45) is 0. The molecule has 0 fully saturated rings. The molecular weight excluding hydrogens is 417 g/mol. The minimum Gasteiger partial charge on any atom is -0.508 e. The molecule has 0 aliphatic rings. The molecule has 0 atom stereocenters. The zero-order valence-electron chi connectivity index (χ0n) is 14.3. The summed E-state index contributed by atoms with van der Waals surface area (Å²) in [5.74, 6) is -0.716. The molecule has 9 heteroatoms. The van der Waals surface area contributed by atoms with Crippen LogP contribution in [0, 0.1) is 0 Å². The number of ketones is 1. The Morgan fingerprint density at radius 2 is 1.78 bits per heavy atom. The van der Waals surface area contributed by atoms with E-state index in [-0.39, 0.29) is 64.8 Å². The van der Waals surface area contributed by atoms with Gasteiger partial charge in [-0.25, -0.2) is 4.79 Å². The lowest BCUT2D eigenvalue weighted by Gasteiger charge is -2.11. The highest BCUT2D eigenvalue weighted by Gasteiger charge is 2.19. The van der Waals surface area contributed by atoms with E-state index < -0.39 is 11.8 Å². The van der Waals surface area contributed by atoms with Crippen LogP contribution >= 0.6 is 35.6 Å². The first-order valence-corrected chi connectivity index (χ1v) is 8.47. The van der Waals surface area contributed by atoms with Gasteiger partial charge in [-0.15, -0.1) is 12.4 Å². The third-order valence-corrected chi connectivity index (χ3v) is 4.06. The van der Waals surface area contributed by atoms with Crippen LogP contribution in [0.4, 0.5) is 0 Å². The van der Waals surface area contributed by atoms with Gasteiger partial charge >= 0.3 is 5.97 Å². The molecule has 0 saturated heterocycles. The van der Waals surface area contributed by atoms with Gasteiger partial charge in [0.15, 0.2) is 12.4 Å². The van der Waals surface area contributed by atoms with E-state index in [0.29, 0.717) is 5.56 Å². The van der Waals surface area contributed by atoms with Gasteiger partial charge in [-0.3, -0.25) is 4.79 Å². The maximum Gasteiger partial charge on any atom is 0.344 e. The number of hydrogen-bond donors (Lipinski definition) is 2. The van der Waals surface area contributed by atoms with Crippen molar-refractivity contribution in [2.24, 2.45) is 5.73 Å². The van der Waals surface area contributed by atoms with E-state index in [4.69, 9.17) is 38.4 Å². The summed E-state index contributed by atoms with van der Waals surface area (Å²) in [4.78, 5) is 24.1. The van der Waals surface area contributed by atoms with Gasteiger partial charge < -0.3 is 20.3 Å². The van der Waals surface area contributed by atoms with Gasteiger partial charge in [0.1, 0.15) is 11.5 Å². The van der Waals surface area contributed by atoms with E-state index in [1.807, 2.05) is 0 Å². The van der Waals surface area contributed by atoms with Crippen molar-refractivity contribution in [3.63, 3.8) is 0 Å². The molecule has 0 unspecified atom stereocenters. The molecule has 0 saturated carbocycles. The summed E-state index contributed by atoms with van der Waals surface area (Å²) < 4.78 is 10.0. The van der Waals surface area contributed by atoms with Crippen LogP contribution < -0.4 is 10.5 Å². The summed E-state index contributed by atoms with van der Waals surface area (Å²) in [7, 11) is 0. The van der Waals surface area contributed by atoms with Crippen molar-refractivity contribution < 1.29 is 24.2 Å². The summed E-state index contributed by atoms with van der Waals surface area (Å²) in [6.45, 7) is 1.71. The molecule has 27 heavy (non-hydrogen) atoms. The second kappa shape index (κ2) is 10.4. The third-order valence-electron chi connectivity index (χ3n) is 3.47. The highest BCUT2D eigenvalue weighted by Crippen LogP contribution is 2.33. The monoisotopic (exact) mass is 433 g/mol. The van der Waals surface area contributed by atoms with Crippen molar-refractivity contribution >= 4 is 47.4 Å². The molecule has 0 aromatic heterocycles. The Balaban J connectivity index is 0.00000364. The number of hydrogen-bond acceptors (Lipinski definition) is 6. The van der Waals surface area contributed by atoms with Crippen molar-refractivity contribution in [3.8, 4) is 11.5 Å². The van der Waals surface area contributed by atoms with Crippen LogP contribution in [0.15, 0.2) is 30.3 Å². The van der Waals surface area contributed by atoms with E-state index in [9.17, 15) is 14.7 Å². The highest BCUT2D eigenvalue weighted by atomic mass is 35.5. The number of phenolic OH excluding ortho intramolecular Hbond substituents is 1. The summed E-state index contributed by atoms with van der Waals surface area (Å²) >= 11 is 12.4. The van der Waals surface area contributed by atoms with Crippen molar-refractivity contribution in [3.05, 3.63) is 57.1 Å².